The molecule has 0 aliphatic carbocycles. The monoisotopic (exact) mass is 286 g/mol. The summed E-state index contributed by atoms with van der Waals surface area (Å²) >= 11 is 0. The molecule has 0 aliphatic rings. The van der Waals surface area contributed by atoms with Crippen molar-refractivity contribution in [3.63, 3.8) is 0 Å². The molecule has 6 heteroatoms. The van der Waals surface area contributed by atoms with Crippen LogP contribution in [0, 0.1) is 17.0 Å². The molecule has 1 aromatic carbocycles. The van der Waals surface area contributed by atoms with Crippen molar-refractivity contribution >= 4 is 5.69 Å². The van der Waals surface area contributed by atoms with Gasteiger partial charge in [0.1, 0.15) is 0 Å². The molecular formula is C15H18N4O2. The standard InChI is InChI=1S/C15H18N4O2/c1-3-11(16)8-12-6-7-17-15(18-12)14-9-13(19(20)21)5-4-10(14)2/h4-7,9,11H,3,8,16H2,1-2H3. The zero-order chi connectivity index (χ0) is 15.4. The van der Waals surface area contributed by atoms with Crippen LogP contribution in [0.4, 0.5) is 5.69 Å². The highest BCUT2D eigenvalue weighted by Crippen LogP contribution is 2.25. The van der Waals surface area contributed by atoms with Crippen molar-refractivity contribution in [2.24, 2.45) is 5.73 Å². The molecule has 110 valence electrons. The van der Waals surface area contributed by atoms with Gasteiger partial charge in [0.15, 0.2) is 5.82 Å². The van der Waals surface area contributed by atoms with Gasteiger partial charge in [0.25, 0.3) is 5.69 Å². The molecule has 21 heavy (non-hydrogen) atoms. The number of benzene rings is 1. The fourth-order valence-electron chi connectivity index (χ4n) is 2.02. The Bertz CT molecular complexity index is 658. The predicted octanol–water partition coefficient (Wildman–Crippen LogP) is 2.64. The van der Waals surface area contributed by atoms with E-state index >= 15 is 0 Å². The fourth-order valence-corrected chi connectivity index (χ4v) is 2.02. The molecule has 1 atom stereocenters. The highest BCUT2D eigenvalue weighted by molar-refractivity contribution is 5.63. The van der Waals surface area contributed by atoms with Crippen LogP contribution >= 0.6 is 0 Å². The minimum absolute atomic E-state index is 0.0369. The molecule has 1 heterocycles. The van der Waals surface area contributed by atoms with Gasteiger partial charge in [-0.2, -0.15) is 0 Å². The van der Waals surface area contributed by atoms with Crippen LogP contribution in [0.1, 0.15) is 24.6 Å². The molecule has 0 amide bonds. The zero-order valence-corrected chi connectivity index (χ0v) is 12.1. The average molecular weight is 286 g/mol. The largest absolute Gasteiger partial charge is 0.327 e. The highest BCUT2D eigenvalue weighted by atomic mass is 16.6. The molecule has 0 aliphatic heterocycles. The van der Waals surface area contributed by atoms with Crippen molar-refractivity contribution in [3.05, 3.63) is 51.8 Å². The van der Waals surface area contributed by atoms with Gasteiger partial charge in [-0.25, -0.2) is 9.97 Å². The normalized spacial score (nSPS) is 12.1. The van der Waals surface area contributed by atoms with Crippen molar-refractivity contribution in [1.82, 2.24) is 9.97 Å². The SMILES string of the molecule is CCC(N)Cc1ccnc(-c2cc([N+](=O)[O-])ccc2C)n1. The summed E-state index contributed by atoms with van der Waals surface area (Å²) in [6.45, 7) is 3.91. The summed E-state index contributed by atoms with van der Waals surface area (Å²) in [5.41, 5.74) is 8.40. The molecule has 0 fully saturated rings. The third kappa shape index (κ3) is 3.61. The second-order valence-corrected chi connectivity index (χ2v) is 5.00. The molecule has 1 unspecified atom stereocenters. The smallest absolute Gasteiger partial charge is 0.270 e. The van der Waals surface area contributed by atoms with Gasteiger partial charge in [-0.1, -0.05) is 13.0 Å². The summed E-state index contributed by atoms with van der Waals surface area (Å²) in [7, 11) is 0. The summed E-state index contributed by atoms with van der Waals surface area (Å²) in [5.74, 6) is 0.497. The molecule has 1 aromatic heterocycles. The lowest BCUT2D eigenvalue weighted by Gasteiger charge is -2.09. The molecule has 0 saturated carbocycles. The van der Waals surface area contributed by atoms with E-state index in [9.17, 15) is 10.1 Å². The van der Waals surface area contributed by atoms with E-state index in [0.29, 0.717) is 17.8 Å². The third-order valence-corrected chi connectivity index (χ3v) is 3.38. The number of nitro groups is 1. The number of non-ortho nitro benzene ring substituents is 1. The van der Waals surface area contributed by atoms with Crippen LogP contribution in [0.15, 0.2) is 30.5 Å². The molecule has 0 spiro atoms. The Balaban J connectivity index is 2.40. The molecule has 2 rings (SSSR count). The maximum Gasteiger partial charge on any atom is 0.270 e. The van der Waals surface area contributed by atoms with Gasteiger partial charge in [0.05, 0.1) is 4.92 Å². The van der Waals surface area contributed by atoms with Crippen LogP contribution in [-0.2, 0) is 6.42 Å². The number of hydrogen-bond donors (Lipinski definition) is 1. The molecule has 0 radical (unpaired) electrons. The summed E-state index contributed by atoms with van der Waals surface area (Å²) in [5, 5.41) is 10.9. The first-order chi connectivity index (χ1) is 10.0. The molecular weight excluding hydrogens is 268 g/mol. The topological polar surface area (TPSA) is 94.9 Å². The molecule has 6 nitrogen and oxygen atoms in total. The average Bonchev–Trinajstić information content (AvgIpc) is 2.47. The lowest BCUT2D eigenvalue weighted by Crippen LogP contribution is -2.22. The van der Waals surface area contributed by atoms with E-state index in [1.54, 1.807) is 12.3 Å². The summed E-state index contributed by atoms with van der Waals surface area (Å²) in [6.07, 6.45) is 3.20. The number of nitro benzene ring substituents is 1. The molecule has 0 bridgehead atoms. The van der Waals surface area contributed by atoms with E-state index in [-0.39, 0.29) is 11.7 Å². The van der Waals surface area contributed by atoms with Gasteiger partial charge < -0.3 is 5.73 Å². The van der Waals surface area contributed by atoms with Gasteiger partial charge in [-0.05, 0) is 25.0 Å². The van der Waals surface area contributed by atoms with E-state index in [0.717, 1.165) is 17.7 Å². The minimum atomic E-state index is -0.417. The first-order valence-corrected chi connectivity index (χ1v) is 6.84. The molecule has 2 N–H and O–H groups in total. The van der Waals surface area contributed by atoms with Crippen LogP contribution in [0.3, 0.4) is 0 Å². The van der Waals surface area contributed by atoms with Crippen LogP contribution < -0.4 is 5.73 Å². The van der Waals surface area contributed by atoms with E-state index in [4.69, 9.17) is 5.73 Å². The summed E-state index contributed by atoms with van der Waals surface area (Å²) in [6, 6.07) is 6.58. The van der Waals surface area contributed by atoms with Gasteiger partial charge >= 0.3 is 0 Å². The Hall–Kier alpha value is -2.34. The maximum atomic E-state index is 10.9. The number of rotatable bonds is 5. The van der Waals surface area contributed by atoms with Crippen LogP contribution in [0.2, 0.25) is 0 Å². The summed E-state index contributed by atoms with van der Waals surface area (Å²) in [4.78, 5) is 19.2. The lowest BCUT2D eigenvalue weighted by molar-refractivity contribution is -0.384. The summed E-state index contributed by atoms with van der Waals surface area (Å²) < 4.78 is 0. The van der Waals surface area contributed by atoms with Gasteiger partial charge in [0, 0.05) is 42.0 Å². The van der Waals surface area contributed by atoms with Crippen LogP contribution in [0.5, 0.6) is 0 Å². The fraction of sp³-hybridized carbons (Fsp3) is 0.333. The van der Waals surface area contributed by atoms with Gasteiger partial charge in [-0.15, -0.1) is 0 Å². The number of nitrogens with zero attached hydrogens (tertiary/aromatic N) is 3. The first kappa shape index (κ1) is 15.1. The van der Waals surface area contributed by atoms with E-state index in [1.807, 2.05) is 19.9 Å². The van der Waals surface area contributed by atoms with Gasteiger partial charge in [-0.3, -0.25) is 10.1 Å². The number of nitrogens with two attached hydrogens (primary N) is 1. The van der Waals surface area contributed by atoms with Crippen molar-refractivity contribution in [1.29, 1.82) is 0 Å². The molecule has 0 saturated heterocycles. The van der Waals surface area contributed by atoms with Crippen LogP contribution in [-0.4, -0.2) is 20.9 Å². The van der Waals surface area contributed by atoms with Crippen molar-refractivity contribution in [2.75, 3.05) is 0 Å². The third-order valence-electron chi connectivity index (χ3n) is 3.38. The van der Waals surface area contributed by atoms with Crippen molar-refractivity contribution in [3.8, 4) is 11.4 Å². The Morgan fingerprint density at radius 2 is 2.14 bits per heavy atom. The number of hydrogen-bond acceptors (Lipinski definition) is 5. The Morgan fingerprint density at radius 3 is 2.81 bits per heavy atom. The first-order valence-electron chi connectivity index (χ1n) is 6.84. The number of aryl methyl sites for hydroxylation is 1. The van der Waals surface area contributed by atoms with E-state index in [1.165, 1.54) is 12.1 Å². The Kier molecular flexibility index (Phi) is 4.59. The second kappa shape index (κ2) is 6.41. The second-order valence-electron chi connectivity index (χ2n) is 5.00. The minimum Gasteiger partial charge on any atom is -0.327 e. The Morgan fingerprint density at radius 1 is 1.38 bits per heavy atom. The van der Waals surface area contributed by atoms with E-state index < -0.39 is 4.92 Å². The maximum absolute atomic E-state index is 10.9. The number of aromatic nitrogens is 2. The van der Waals surface area contributed by atoms with E-state index in [2.05, 4.69) is 9.97 Å². The van der Waals surface area contributed by atoms with Crippen molar-refractivity contribution in [2.45, 2.75) is 32.7 Å². The van der Waals surface area contributed by atoms with Crippen LogP contribution in [0.25, 0.3) is 11.4 Å². The predicted molar refractivity (Wildman–Crippen MR) is 80.8 cm³/mol. The highest BCUT2D eigenvalue weighted by Gasteiger charge is 2.13. The quantitative estimate of drug-likeness (QED) is 0.673. The van der Waals surface area contributed by atoms with Crippen molar-refractivity contribution < 1.29 is 4.92 Å². The zero-order valence-electron chi connectivity index (χ0n) is 12.1. The lowest BCUT2D eigenvalue weighted by atomic mass is 10.1. The Labute approximate surface area is 123 Å². The van der Waals surface area contributed by atoms with Gasteiger partial charge in [0.2, 0.25) is 0 Å². The molecule has 2 aromatic rings.